The number of carbonyl (C=O) groups is 3. The second-order valence-corrected chi connectivity index (χ2v) is 9.98. The van der Waals surface area contributed by atoms with E-state index in [2.05, 4.69) is 20.2 Å². The lowest BCUT2D eigenvalue weighted by atomic mass is 10.2. The molecular weight excluding hydrogens is 561 g/mol. The number of piperazine rings is 1. The number of nitrogens with one attached hydrogen (secondary N) is 1. The number of likely N-dealkylation sites (N-methyl/N-ethyl adjacent to an activating group) is 1. The zero-order valence-corrected chi connectivity index (χ0v) is 22.9. The predicted octanol–water partition coefficient (Wildman–Crippen LogP) is 3.78. The summed E-state index contributed by atoms with van der Waals surface area (Å²) in [5.74, 6) is -0.162. The van der Waals surface area contributed by atoms with E-state index >= 15 is 0 Å². The number of aromatic nitrogens is 2. The van der Waals surface area contributed by atoms with Gasteiger partial charge in [-0.3, -0.25) is 14.5 Å². The lowest BCUT2D eigenvalue weighted by molar-refractivity contribution is -0.132. The average Bonchev–Trinajstić information content (AvgIpc) is 2.94. The largest absolute Gasteiger partial charge is 0.465 e. The maximum Gasteiger partial charge on any atom is 0.407 e. The molecule has 40 heavy (non-hydrogen) atoms. The molecule has 2 aromatic carbocycles. The summed E-state index contributed by atoms with van der Waals surface area (Å²) < 4.78 is 5.74. The van der Waals surface area contributed by atoms with E-state index in [1.165, 1.54) is 18.1 Å². The molecule has 1 fully saturated rings. The Morgan fingerprint density at radius 3 is 2.40 bits per heavy atom. The van der Waals surface area contributed by atoms with Gasteiger partial charge in [0.15, 0.2) is 6.73 Å². The molecule has 0 spiro atoms. The Kier molecular flexibility index (Phi) is 7.81. The molecule has 0 unspecified atom stereocenters. The van der Waals surface area contributed by atoms with Crippen LogP contribution in [0.15, 0.2) is 48.7 Å². The summed E-state index contributed by atoms with van der Waals surface area (Å²) in [4.78, 5) is 51.1. The van der Waals surface area contributed by atoms with Gasteiger partial charge in [-0.25, -0.2) is 9.78 Å². The Labute approximate surface area is 239 Å². The minimum absolute atomic E-state index is 0.102. The number of rotatable bonds is 6. The first-order valence-electron chi connectivity index (χ1n) is 12.3. The molecule has 3 aromatic rings. The number of para-hydroxylation sites is 1. The van der Waals surface area contributed by atoms with Crippen LogP contribution < -0.4 is 19.9 Å². The van der Waals surface area contributed by atoms with Gasteiger partial charge in [-0.2, -0.15) is 4.98 Å². The number of anilines is 4. The van der Waals surface area contributed by atoms with Crippen LogP contribution in [0.4, 0.5) is 27.8 Å². The number of amides is 3. The van der Waals surface area contributed by atoms with Crippen molar-refractivity contribution in [2.75, 3.05) is 61.6 Å². The van der Waals surface area contributed by atoms with Crippen LogP contribution in [0.25, 0.3) is 0 Å². The Bertz CT molecular complexity index is 1430. The van der Waals surface area contributed by atoms with Crippen molar-refractivity contribution in [1.82, 2.24) is 19.8 Å². The van der Waals surface area contributed by atoms with Gasteiger partial charge < -0.3 is 29.9 Å². The summed E-state index contributed by atoms with van der Waals surface area (Å²) in [7, 11) is 1.38. The highest BCUT2D eigenvalue weighted by Crippen LogP contribution is 2.37. The number of hydrogen-bond donors (Lipinski definition) is 2. The third-order valence-electron chi connectivity index (χ3n) is 6.59. The second-order valence-electron chi connectivity index (χ2n) is 9.17. The fraction of sp³-hybridized carbons (Fsp3) is 0.269. The van der Waals surface area contributed by atoms with Gasteiger partial charge in [-0.1, -0.05) is 29.3 Å². The molecule has 0 atom stereocenters. The molecule has 0 radical (unpaired) electrons. The van der Waals surface area contributed by atoms with Gasteiger partial charge in [0.05, 0.1) is 15.7 Å². The summed E-state index contributed by atoms with van der Waals surface area (Å²) in [6, 6.07) is 12.6. The van der Waals surface area contributed by atoms with Gasteiger partial charge in [0.1, 0.15) is 12.1 Å². The monoisotopic (exact) mass is 585 g/mol. The lowest BCUT2D eigenvalue weighted by Crippen LogP contribution is -2.51. The smallest absolute Gasteiger partial charge is 0.407 e. The molecule has 12 nitrogen and oxygen atoms in total. The van der Waals surface area contributed by atoms with Crippen molar-refractivity contribution < 1.29 is 24.2 Å². The van der Waals surface area contributed by atoms with Gasteiger partial charge in [-0.15, -0.1) is 0 Å². The SMILES string of the molecule is CN(CC(=O)N1CCN(c2ccc(Nc3ncc4c(n3)OCN(c3c(Cl)cccc3Cl)C4=O)cc2)CC1)C(=O)O. The fourth-order valence-electron chi connectivity index (χ4n) is 4.40. The summed E-state index contributed by atoms with van der Waals surface area (Å²) in [6.45, 7) is 2.02. The summed E-state index contributed by atoms with van der Waals surface area (Å²) in [5, 5.41) is 12.7. The number of carboxylic acid groups (broad SMARTS) is 1. The van der Waals surface area contributed by atoms with Crippen molar-refractivity contribution in [1.29, 1.82) is 0 Å². The Balaban J connectivity index is 1.19. The van der Waals surface area contributed by atoms with Crippen LogP contribution in [0.2, 0.25) is 10.0 Å². The topological polar surface area (TPSA) is 131 Å². The quantitative estimate of drug-likeness (QED) is 0.443. The van der Waals surface area contributed by atoms with Crippen molar-refractivity contribution in [3.05, 3.63) is 64.3 Å². The minimum Gasteiger partial charge on any atom is -0.465 e. The van der Waals surface area contributed by atoms with Crippen LogP contribution >= 0.6 is 23.2 Å². The Morgan fingerprint density at radius 2 is 1.75 bits per heavy atom. The van der Waals surface area contributed by atoms with Gasteiger partial charge in [0.2, 0.25) is 17.7 Å². The molecule has 0 aliphatic carbocycles. The molecule has 208 valence electrons. The van der Waals surface area contributed by atoms with Crippen LogP contribution in [0.1, 0.15) is 10.4 Å². The van der Waals surface area contributed by atoms with Gasteiger partial charge in [0.25, 0.3) is 5.91 Å². The van der Waals surface area contributed by atoms with Crippen molar-refractivity contribution in [3.63, 3.8) is 0 Å². The van der Waals surface area contributed by atoms with E-state index < -0.39 is 6.09 Å². The Hall–Kier alpha value is -4.29. The molecule has 2 aliphatic rings. The molecule has 1 aromatic heterocycles. The molecule has 0 bridgehead atoms. The Morgan fingerprint density at radius 1 is 1.07 bits per heavy atom. The van der Waals surface area contributed by atoms with Crippen molar-refractivity contribution in [2.24, 2.45) is 0 Å². The third-order valence-corrected chi connectivity index (χ3v) is 7.20. The average molecular weight is 586 g/mol. The number of fused-ring (bicyclic) bond motifs is 1. The highest BCUT2D eigenvalue weighted by atomic mass is 35.5. The normalized spacial score (nSPS) is 14.9. The van der Waals surface area contributed by atoms with Gasteiger partial charge >= 0.3 is 6.09 Å². The lowest BCUT2D eigenvalue weighted by Gasteiger charge is -2.36. The number of ether oxygens (including phenoxy) is 1. The van der Waals surface area contributed by atoms with Gasteiger partial charge in [-0.05, 0) is 36.4 Å². The van der Waals surface area contributed by atoms with Crippen molar-refractivity contribution >= 4 is 64.1 Å². The number of hydrogen-bond acceptors (Lipinski definition) is 8. The standard InChI is InChI=1S/C26H25Cl2N7O5/c1-32(26(38)39)14-21(36)34-11-9-33(10-12-34)17-7-5-16(6-8-17)30-25-29-13-18-23(31-25)40-15-35(24(18)37)22-19(27)3-2-4-20(22)28/h2-8,13H,9-12,14-15H2,1H3,(H,38,39)(H,29,30,31). The van der Waals surface area contributed by atoms with Crippen LogP contribution in [0, 0.1) is 0 Å². The van der Waals surface area contributed by atoms with E-state index in [1.807, 2.05) is 24.3 Å². The first-order valence-corrected chi connectivity index (χ1v) is 13.1. The summed E-state index contributed by atoms with van der Waals surface area (Å²) in [6.07, 6.45) is 0.265. The molecule has 2 aliphatic heterocycles. The van der Waals surface area contributed by atoms with E-state index in [0.717, 1.165) is 16.3 Å². The predicted molar refractivity (Wildman–Crippen MR) is 150 cm³/mol. The van der Waals surface area contributed by atoms with Crippen molar-refractivity contribution in [2.45, 2.75) is 0 Å². The molecular formula is C26H25Cl2N7O5. The molecule has 2 N–H and O–H groups in total. The summed E-state index contributed by atoms with van der Waals surface area (Å²) in [5.41, 5.74) is 2.28. The highest BCUT2D eigenvalue weighted by molar-refractivity contribution is 6.40. The zero-order chi connectivity index (χ0) is 28.4. The second kappa shape index (κ2) is 11.4. The maximum atomic E-state index is 13.1. The van der Waals surface area contributed by atoms with Crippen LogP contribution in [0.3, 0.4) is 0 Å². The van der Waals surface area contributed by atoms with Crippen LogP contribution in [-0.2, 0) is 4.79 Å². The number of halogens is 2. The molecule has 0 saturated carbocycles. The van der Waals surface area contributed by atoms with Crippen LogP contribution in [-0.4, -0.2) is 89.3 Å². The highest BCUT2D eigenvalue weighted by Gasteiger charge is 2.31. The van der Waals surface area contributed by atoms with E-state index in [4.69, 9.17) is 33.0 Å². The maximum absolute atomic E-state index is 13.1. The molecule has 5 rings (SSSR count). The first kappa shape index (κ1) is 27.3. The van der Waals surface area contributed by atoms with Crippen molar-refractivity contribution in [3.8, 4) is 5.88 Å². The molecule has 1 saturated heterocycles. The number of nitrogens with zero attached hydrogens (tertiary/aromatic N) is 6. The van der Waals surface area contributed by atoms with Crippen LogP contribution in [0.5, 0.6) is 5.88 Å². The van der Waals surface area contributed by atoms with E-state index in [0.29, 0.717) is 41.9 Å². The summed E-state index contributed by atoms with van der Waals surface area (Å²) >= 11 is 12.5. The molecule has 14 heteroatoms. The minimum atomic E-state index is -1.13. The zero-order valence-electron chi connectivity index (χ0n) is 21.4. The number of benzene rings is 2. The number of carbonyl (C=O) groups excluding carboxylic acids is 2. The van der Waals surface area contributed by atoms with E-state index in [1.54, 1.807) is 23.1 Å². The molecule has 3 amide bonds. The fourth-order valence-corrected chi connectivity index (χ4v) is 5.00. The van der Waals surface area contributed by atoms with E-state index in [9.17, 15) is 14.4 Å². The van der Waals surface area contributed by atoms with E-state index in [-0.39, 0.29) is 42.5 Å². The third kappa shape index (κ3) is 5.68. The van der Waals surface area contributed by atoms with Gasteiger partial charge in [0, 0.05) is 50.8 Å². The molecule has 3 heterocycles. The first-order chi connectivity index (χ1) is 19.2.